The first-order valence-electron chi connectivity index (χ1n) is 10.9. The molecule has 0 radical (unpaired) electrons. The summed E-state index contributed by atoms with van der Waals surface area (Å²) in [5.74, 6) is -2.85. The van der Waals surface area contributed by atoms with Crippen LogP contribution in [-0.4, -0.2) is 56.4 Å². The lowest BCUT2D eigenvalue weighted by molar-refractivity contribution is -0.0265. The molecule has 0 unspecified atom stereocenters. The summed E-state index contributed by atoms with van der Waals surface area (Å²) in [6.45, 7) is -0.750. The normalized spacial score (nSPS) is 24.0. The van der Waals surface area contributed by atoms with Crippen molar-refractivity contribution in [3.05, 3.63) is 34.5 Å². The zero-order valence-electron chi connectivity index (χ0n) is 17.6. The monoisotopic (exact) mass is 461 g/mol. The van der Waals surface area contributed by atoms with Crippen molar-refractivity contribution in [3.63, 3.8) is 0 Å². The Morgan fingerprint density at radius 1 is 1.12 bits per heavy atom. The molecule has 2 aliphatic heterocycles. The van der Waals surface area contributed by atoms with Gasteiger partial charge in [-0.05, 0) is 43.9 Å². The lowest BCUT2D eigenvalue weighted by atomic mass is 9.93. The number of H-pyrrole nitrogens is 1. The summed E-state index contributed by atoms with van der Waals surface area (Å²) in [6.07, 6.45) is 1.94. The molecule has 3 aromatic rings. The number of nitrogens with zero attached hydrogens (tertiary/aromatic N) is 5. The zero-order chi connectivity index (χ0) is 22.9. The molecule has 2 aromatic heterocycles. The van der Waals surface area contributed by atoms with Crippen LogP contribution in [0.2, 0.25) is 0 Å². The topological polar surface area (TPSA) is 102 Å². The van der Waals surface area contributed by atoms with Crippen LogP contribution in [0.4, 0.5) is 36.3 Å². The van der Waals surface area contributed by atoms with E-state index in [1.807, 2.05) is 0 Å². The van der Waals surface area contributed by atoms with Gasteiger partial charge in [-0.25, -0.2) is 18.0 Å². The third-order valence-electron chi connectivity index (χ3n) is 6.63. The van der Waals surface area contributed by atoms with Crippen molar-refractivity contribution < 1.29 is 18.3 Å². The van der Waals surface area contributed by atoms with Crippen LogP contribution in [0.5, 0.6) is 0 Å². The predicted octanol–water partition coefficient (Wildman–Crippen LogP) is 2.71. The number of hydrogen-bond donors (Lipinski definition) is 3. The minimum Gasteiger partial charge on any atom is -0.393 e. The molecule has 1 aliphatic carbocycles. The number of anilines is 4. The molecule has 33 heavy (non-hydrogen) atoms. The lowest BCUT2D eigenvalue weighted by Gasteiger charge is -2.39. The molecule has 174 valence electrons. The van der Waals surface area contributed by atoms with E-state index >= 15 is 0 Å². The van der Waals surface area contributed by atoms with Gasteiger partial charge in [0.1, 0.15) is 11.3 Å². The number of aromatic nitrogens is 4. The summed E-state index contributed by atoms with van der Waals surface area (Å²) in [6, 6.07) is 4.13. The minimum atomic E-state index is -2.83. The number of halogens is 3. The van der Waals surface area contributed by atoms with E-state index in [0.29, 0.717) is 48.2 Å². The third kappa shape index (κ3) is 3.31. The molecule has 6 rings (SSSR count). The molecular formula is C21H22F3N7O2. The summed E-state index contributed by atoms with van der Waals surface area (Å²) in [4.78, 5) is 28.0. The van der Waals surface area contributed by atoms with Crippen LogP contribution in [0.25, 0.3) is 11.2 Å². The van der Waals surface area contributed by atoms with Crippen LogP contribution >= 0.6 is 0 Å². The highest BCUT2D eigenvalue weighted by Gasteiger charge is 2.46. The second-order valence-corrected chi connectivity index (χ2v) is 8.94. The second-order valence-electron chi connectivity index (χ2n) is 8.94. The Labute approximate surface area is 185 Å². The standard InChI is InChI=1S/C21H22F3N7O2/c22-11-1-6-14-15(7-11)30(10-25-14)19-27-17(29-8-21(23,24)9-29)16-18(28-19)31(20(33)26-16)12-2-4-13(32)5-3-12/h1,6-7,12-13,25,32H,2-5,8-10H2,(H,26,33). The van der Waals surface area contributed by atoms with Gasteiger partial charge < -0.3 is 20.3 Å². The van der Waals surface area contributed by atoms with E-state index in [0.717, 1.165) is 0 Å². The molecule has 0 amide bonds. The van der Waals surface area contributed by atoms with Gasteiger partial charge in [-0.2, -0.15) is 9.97 Å². The summed E-state index contributed by atoms with van der Waals surface area (Å²) < 4.78 is 42.9. The first kappa shape index (κ1) is 20.3. The molecular weight excluding hydrogens is 439 g/mol. The fourth-order valence-electron chi connectivity index (χ4n) is 4.95. The van der Waals surface area contributed by atoms with Crippen molar-refractivity contribution in [2.45, 2.75) is 43.8 Å². The van der Waals surface area contributed by atoms with E-state index in [9.17, 15) is 23.1 Å². The number of aliphatic hydroxyl groups excluding tert-OH is 1. The second kappa shape index (κ2) is 7.11. The van der Waals surface area contributed by atoms with Gasteiger partial charge in [-0.1, -0.05) is 0 Å². The number of fused-ring (bicyclic) bond motifs is 2. The fourth-order valence-corrected chi connectivity index (χ4v) is 4.95. The molecule has 4 heterocycles. The number of rotatable bonds is 3. The molecule has 0 spiro atoms. The average Bonchev–Trinajstić information content (AvgIpc) is 3.32. The highest BCUT2D eigenvalue weighted by atomic mass is 19.3. The van der Waals surface area contributed by atoms with Crippen molar-refractivity contribution in [1.82, 2.24) is 19.5 Å². The Kier molecular flexibility index (Phi) is 4.38. The Bertz CT molecular complexity index is 1290. The molecule has 3 aliphatic rings. The number of aliphatic hydroxyl groups is 1. The largest absolute Gasteiger partial charge is 0.393 e. The van der Waals surface area contributed by atoms with Crippen LogP contribution in [-0.2, 0) is 0 Å². The van der Waals surface area contributed by atoms with E-state index in [1.165, 1.54) is 17.0 Å². The summed E-state index contributed by atoms with van der Waals surface area (Å²) in [7, 11) is 0. The van der Waals surface area contributed by atoms with E-state index in [2.05, 4.69) is 20.3 Å². The Balaban J connectivity index is 1.50. The Morgan fingerprint density at radius 3 is 2.61 bits per heavy atom. The van der Waals surface area contributed by atoms with E-state index in [1.54, 1.807) is 15.5 Å². The molecule has 12 heteroatoms. The number of benzene rings is 1. The highest BCUT2D eigenvalue weighted by Crippen LogP contribution is 2.40. The average molecular weight is 461 g/mol. The first-order valence-corrected chi connectivity index (χ1v) is 10.9. The maximum absolute atomic E-state index is 13.9. The maximum Gasteiger partial charge on any atom is 0.328 e. The third-order valence-corrected chi connectivity index (χ3v) is 6.63. The fraction of sp³-hybridized carbons (Fsp3) is 0.476. The number of imidazole rings is 1. The Hall–Kier alpha value is -3.28. The molecule has 3 N–H and O–H groups in total. The van der Waals surface area contributed by atoms with Crippen LogP contribution in [0.1, 0.15) is 31.7 Å². The molecule has 0 bridgehead atoms. The number of aromatic amines is 1. The van der Waals surface area contributed by atoms with Gasteiger partial charge in [0.15, 0.2) is 11.5 Å². The van der Waals surface area contributed by atoms with Crippen LogP contribution in [0.15, 0.2) is 23.0 Å². The molecule has 2 fully saturated rings. The van der Waals surface area contributed by atoms with Crippen molar-refractivity contribution >= 4 is 34.3 Å². The molecule has 1 saturated heterocycles. The molecule has 0 atom stereocenters. The van der Waals surface area contributed by atoms with Gasteiger partial charge in [0.2, 0.25) is 5.95 Å². The summed E-state index contributed by atoms with van der Waals surface area (Å²) in [5.41, 5.74) is 1.46. The number of nitrogens with one attached hydrogen (secondary N) is 2. The molecule has 9 nitrogen and oxygen atoms in total. The van der Waals surface area contributed by atoms with E-state index in [4.69, 9.17) is 0 Å². The van der Waals surface area contributed by atoms with E-state index < -0.39 is 36.6 Å². The van der Waals surface area contributed by atoms with Crippen LogP contribution < -0.4 is 20.8 Å². The van der Waals surface area contributed by atoms with Gasteiger partial charge in [-0.15, -0.1) is 0 Å². The van der Waals surface area contributed by atoms with Crippen molar-refractivity contribution in [1.29, 1.82) is 0 Å². The van der Waals surface area contributed by atoms with Crippen molar-refractivity contribution in [2.24, 2.45) is 0 Å². The lowest BCUT2D eigenvalue weighted by Crippen LogP contribution is -2.56. The van der Waals surface area contributed by atoms with Crippen LogP contribution in [0, 0.1) is 5.82 Å². The molecule has 1 aromatic carbocycles. The van der Waals surface area contributed by atoms with Crippen LogP contribution in [0.3, 0.4) is 0 Å². The predicted molar refractivity (Wildman–Crippen MR) is 116 cm³/mol. The maximum atomic E-state index is 13.9. The number of alkyl halides is 2. The van der Waals surface area contributed by atoms with Crippen molar-refractivity contribution in [2.75, 3.05) is 34.9 Å². The first-order chi connectivity index (χ1) is 15.8. The Morgan fingerprint density at radius 2 is 1.88 bits per heavy atom. The zero-order valence-corrected chi connectivity index (χ0v) is 17.6. The highest BCUT2D eigenvalue weighted by molar-refractivity contribution is 5.87. The van der Waals surface area contributed by atoms with Gasteiger partial charge in [0, 0.05) is 6.04 Å². The van der Waals surface area contributed by atoms with Gasteiger partial charge in [0.05, 0.1) is 37.2 Å². The molecule has 1 saturated carbocycles. The SMILES string of the molecule is O=c1[nH]c2c(N3CC(F)(F)C3)nc(N3CNc4ccc(F)cc43)nc2n1C1CCC(O)CC1. The van der Waals surface area contributed by atoms with Gasteiger partial charge in [0.25, 0.3) is 5.92 Å². The summed E-state index contributed by atoms with van der Waals surface area (Å²) >= 11 is 0. The smallest absolute Gasteiger partial charge is 0.328 e. The van der Waals surface area contributed by atoms with Gasteiger partial charge in [-0.3, -0.25) is 9.47 Å². The van der Waals surface area contributed by atoms with E-state index in [-0.39, 0.29) is 24.5 Å². The summed E-state index contributed by atoms with van der Waals surface area (Å²) in [5, 5.41) is 13.0. The minimum absolute atomic E-state index is 0.176. The van der Waals surface area contributed by atoms with Gasteiger partial charge >= 0.3 is 5.69 Å². The quantitative estimate of drug-likeness (QED) is 0.551. The van der Waals surface area contributed by atoms with Crippen molar-refractivity contribution in [3.8, 4) is 0 Å². The number of hydrogen-bond acceptors (Lipinski definition) is 7.